The van der Waals surface area contributed by atoms with E-state index in [0.717, 1.165) is 10.7 Å². The molecule has 2 heterocycles. The van der Waals surface area contributed by atoms with Crippen molar-refractivity contribution in [3.8, 4) is 11.6 Å². The van der Waals surface area contributed by atoms with E-state index in [4.69, 9.17) is 10.5 Å². The quantitative estimate of drug-likeness (QED) is 0.777. The van der Waals surface area contributed by atoms with Gasteiger partial charge in [0.15, 0.2) is 4.96 Å². The maximum atomic E-state index is 13.4. The average molecular weight is 356 g/mol. The number of nitrogens with two attached hydrogens (primary N) is 1. The standard InChI is InChI=1S/C13H11BrFN3OS/c14-8-5-9(15)7-10(6-8)19-12-11(1-2-16)18-3-4-20-13(18)17-12/h3-7H,1-2,16H2. The monoisotopic (exact) mass is 355 g/mol. The van der Waals surface area contributed by atoms with E-state index in [-0.39, 0.29) is 5.82 Å². The summed E-state index contributed by atoms with van der Waals surface area (Å²) in [6.07, 6.45) is 2.57. The number of aromatic nitrogens is 2. The average Bonchev–Trinajstić information content (AvgIpc) is 2.92. The second kappa shape index (κ2) is 5.51. The molecular weight excluding hydrogens is 345 g/mol. The number of rotatable bonds is 4. The van der Waals surface area contributed by atoms with Gasteiger partial charge in [-0.25, -0.2) is 4.39 Å². The highest BCUT2D eigenvalue weighted by Crippen LogP contribution is 2.30. The number of nitrogens with zero attached hydrogens (tertiary/aromatic N) is 2. The molecule has 4 nitrogen and oxygen atoms in total. The first-order chi connectivity index (χ1) is 9.67. The Kier molecular flexibility index (Phi) is 3.73. The zero-order valence-electron chi connectivity index (χ0n) is 10.3. The van der Waals surface area contributed by atoms with Crippen LogP contribution in [0.15, 0.2) is 34.2 Å². The predicted octanol–water partition coefficient (Wildman–Crippen LogP) is 3.59. The summed E-state index contributed by atoms with van der Waals surface area (Å²) in [5.74, 6) is 0.511. The van der Waals surface area contributed by atoms with Crippen molar-refractivity contribution >= 4 is 32.2 Å². The summed E-state index contributed by atoms with van der Waals surface area (Å²) in [7, 11) is 0. The number of thiazole rings is 1. The van der Waals surface area contributed by atoms with Crippen LogP contribution in [0.1, 0.15) is 5.69 Å². The van der Waals surface area contributed by atoms with E-state index in [9.17, 15) is 4.39 Å². The van der Waals surface area contributed by atoms with Crippen molar-refractivity contribution in [2.24, 2.45) is 5.73 Å². The van der Waals surface area contributed by atoms with Crippen LogP contribution >= 0.6 is 27.3 Å². The number of imidazole rings is 1. The van der Waals surface area contributed by atoms with Crippen molar-refractivity contribution in [3.05, 3.63) is 45.8 Å². The number of hydrogen-bond donors (Lipinski definition) is 1. The molecule has 0 aliphatic carbocycles. The molecule has 0 fully saturated rings. The van der Waals surface area contributed by atoms with Gasteiger partial charge < -0.3 is 10.5 Å². The van der Waals surface area contributed by atoms with E-state index in [1.54, 1.807) is 6.07 Å². The van der Waals surface area contributed by atoms with E-state index in [1.165, 1.54) is 23.5 Å². The largest absolute Gasteiger partial charge is 0.437 e. The van der Waals surface area contributed by atoms with Gasteiger partial charge in [0.05, 0.1) is 5.69 Å². The first-order valence-corrected chi connectivity index (χ1v) is 7.63. The molecule has 0 saturated heterocycles. The number of halogens is 2. The molecular formula is C13H11BrFN3OS. The smallest absolute Gasteiger partial charge is 0.242 e. The SMILES string of the molecule is NCCc1c(Oc2cc(F)cc(Br)c2)nc2sccn12. The normalized spacial score (nSPS) is 11.2. The van der Waals surface area contributed by atoms with E-state index in [2.05, 4.69) is 20.9 Å². The van der Waals surface area contributed by atoms with Crippen LogP contribution in [-0.2, 0) is 6.42 Å². The van der Waals surface area contributed by atoms with Gasteiger partial charge in [0.2, 0.25) is 5.88 Å². The van der Waals surface area contributed by atoms with Gasteiger partial charge in [0.25, 0.3) is 0 Å². The molecule has 20 heavy (non-hydrogen) atoms. The minimum atomic E-state index is -0.365. The lowest BCUT2D eigenvalue weighted by Gasteiger charge is -2.06. The molecule has 1 aromatic carbocycles. The molecule has 3 aromatic rings. The van der Waals surface area contributed by atoms with Crippen molar-refractivity contribution in [2.45, 2.75) is 6.42 Å². The summed E-state index contributed by atoms with van der Waals surface area (Å²) in [6, 6.07) is 4.40. The molecule has 0 amide bonds. The second-order valence-corrected chi connectivity index (χ2v) is 5.95. The van der Waals surface area contributed by atoms with Crippen LogP contribution < -0.4 is 10.5 Å². The summed E-state index contributed by atoms with van der Waals surface area (Å²) in [5.41, 5.74) is 6.52. The third-order valence-corrected chi connectivity index (χ3v) is 3.97. The minimum Gasteiger partial charge on any atom is -0.437 e. The number of hydrogen-bond acceptors (Lipinski definition) is 4. The minimum absolute atomic E-state index is 0.365. The molecule has 7 heteroatoms. The predicted molar refractivity (Wildman–Crippen MR) is 80.0 cm³/mol. The van der Waals surface area contributed by atoms with E-state index < -0.39 is 0 Å². The molecule has 0 atom stereocenters. The van der Waals surface area contributed by atoms with Gasteiger partial charge in [0, 0.05) is 28.5 Å². The molecule has 0 saturated carbocycles. The van der Waals surface area contributed by atoms with Crippen molar-refractivity contribution in [1.82, 2.24) is 9.38 Å². The first-order valence-electron chi connectivity index (χ1n) is 5.96. The number of ether oxygens (including phenoxy) is 1. The van der Waals surface area contributed by atoms with Crippen LogP contribution in [0.4, 0.5) is 4.39 Å². The van der Waals surface area contributed by atoms with E-state index >= 15 is 0 Å². The number of benzene rings is 1. The molecule has 0 spiro atoms. The van der Waals surface area contributed by atoms with Gasteiger partial charge in [-0.2, -0.15) is 4.98 Å². The Balaban J connectivity index is 2.00. The maximum absolute atomic E-state index is 13.4. The summed E-state index contributed by atoms with van der Waals surface area (Å²) in [6.45, 7) is 0.493. The molecule has 0 aliphatic heterocycles. The summed E-state index contributed by atoms with van der Waals surface area (Å²) < 4.78 is 21.7. The lowest BCUT2D eigenvalue weighted by Crippen LogP contribution is -2.05. The summed E-state index contributed by atoms with van der Waals surface area (Å²) in [5, 5.41) is 1.95. The fourth-order valence-electron chi connectivity index (χ4n) is 1.96. The van der Waals surface area contributed by atoms with Crippen LogP contribution in [0, 0.1) is 5.82 Å². The van der Waals surface area contributed by atoms with Gasteiger partial charge in [-0.1, -0.05) is 15.9 Å². The molecule has 2 N–H and O–H groups in total. The van der Waals surface area contributed by atoms with E-state index in [1.807, 2.05) is 16.0 Å². The van der Waals surface area contributed by atoms with Gasteiger partial charge in [-0.15, -0.1) is 11.3 Å². The molecule has 3 rings (SSSR count). The van der Waals surface area contributed by atoms with Gasteiger partial charge in [-0.3, -0.25) is 4.40 Å². The molecule has 0 bridgehead atoms. The maximum Gasteiger partial charge on any atom is 0.242 e. The Morgan fingerprint density at radius 2 is 2.25 bits per heavy atom. The highest BCUT2D eigenvalue weighted by molar-refractivity contribution is 9.10. The molecule has 2 aromatic heterocycles. The third kappa shape index (κ3) is 2.56. The highest BCUT2D eigenvalue weighted by Gasteiger charge is 2.15. The third-order valence-electron chi connectivity index (χ3n) is 2.76. The zero-order chi connectivity index (χ0) is 14.1. The zero-order valence-corrected chi connectivity index (χ0v) is 12.7. The molecule has 104 valence electrons. The lowest BCUT2D eigenvalue weighted by atomic mass is 10.3. The van der Waals surface area contributed by atoms with Gasteiger partial charge >= 0.3 is 0 Å². The van der Waals surface area contributed by atoms with E-state index in [0.29, 0.717) is 29.1 Å². The van der Waals surface area contributed by atoms with Crippen LogP contribution in [-0.4, -0.2) is 15.9 Å². The highest BCUT2D eigenvalue weighted by atomic mass is 79.9. The summed E-state index contributed by atoms with van der Waals surface area (Å²) in [4.78, 5) is 5.24. The van der Waals surface area contributed by atoms with Crippen molar-refractivity contribution in [1.29, 1.82) is 0 Å². The molecule has 0 aliphatic rings. The lowest BCUT2D eigenvalue weighted by molar-refractivity contribution is 0.454. The number of fused-ring (bicyclic) bond motifs is 1. The van der Waals surface area contributed by atoms with Crippen molar-refractivity contribution in [3.63, 3.8) is 0 Å². The fraction of sp³-hybridized carbons (Fsp3) is 0.154. The Bertz CT molecular complexity index is 735. The van der Waals surface area contributed by atoms with Crippen LogP contribution in [0.2, 0.25) is 0 Å². The Morgan fingerprint density at radius 3 is 3.00 bits per heavy atom. The van der Waals surface area contributed by atoms with Crippen LogP contribution in [0.25, 0.3) is 4.96 Å². The Labute approximate surface area is 127 Å². The Morgan fingerprint density at radius 1 is 1.40 bits per heavy atom. The first kappa shape index (κ1) is 13.5. The van der Waals surface area contributed by atoms with Gasteiger partial charge in [-0.05, 0) is 18.7 Å². The fourth-order valence-corrected chi connectivity index (χ4v) is 3.13. The summed E-state index contributed by atoms with van der Waals surface area (Å²) >= 11 is 4.75. The molecule has 0 radical (unpaired) electrons. The van der Waals surface area contributed by atoms with Crippen molar-refractivity contribution in [2.75, 3.05) is 6.54 Å². The van der Waals surface area contributed by atoms with Crippen LogP contribution in [0.3, 0.4) is 0 Å². The molecule has 0 unspecified atom stereocenters. The second-order valence-electron chi connectivity index (χ2n) is 4.17. The van der Waals surface area contributed by atoms with Crippen molar-refractivity contribution < 1.29 is 9.13 Å². The topological polar surface area (TPSA) is 52.5 Å². The van der Waals surface area contributed by atoms with Gasteiger partial charge in [0.1, 0.15) is 11.6 Å². The van der Waals surface area contributed by atoms with Crippen LogP contribution in [0.5, 0.6) is 11.6 Å². The Hall–Kier alpha value is -1.44.